The van der Waals surface area contributed by atoms with Crippen LogP contribution in [0, 0.1) is 0 Å². The zero-order chi connectivity index (χ0) is 9.86. The summed E-state index contributed by atoms with van der Waals surface area (Å²) in [6.07, 6.45) is 8.16. The maximum absolute atomic E-state index is 5.53. The van der Waals surface area contributed by atoms with E-state index < -0.39 is 5.79 Å². The molecule has 1 aliphatic carbocycles. The lowest BCUT2D eigenvalue weighted by atomic mass is 10.1. The maximum atomic E-state index is 5.53. The molecule has 14 heavy (non-hydrogen) atoms. The number of thiocarbonyl (C=S) groups is 1. The van der Waals surface area contributed by atoms with E-state index in [4.69, 9.17) is 21.7 Å². The van der Waals surface area contributed by atoms with Gasteiger partial charge in [0.05, 0.1) is 6.61 Å². The van der Waals surface area contributed by atoms with Crippen molar-refractivity contribution in [1.82, 2.24) is 0 Å². The lowest BCUT2D eigenvalue weighted by molar-refractivity contribution is -0.293. The van der Waals surface area contributed by atoms with Crippen molar-refractivity contribution in [3.63, 3.8) is 0 Å². The van der Waals surface area contributed by atoms with Gasteiger partial charge < -0.3 is 9.47 Å². The highest BCUT2D eigenvalue weighted by Crippen LogP contribution is 2.25. The fourth-order valence-electron chi connectivity index (χ4n) is 1.29. The Kier molecular flexibility index (Phi) is 2.81. The molecule has 0 amide bonds. The topological polar surface area (TPSA) is 36.9 Å². The molecule has 0 radical (unpaired) electrons. The van der Waals surface area contributed by atoms with Gasteiger partial charge >= 0.3 is 5.24 Å². The molecule has 2 aliphatic rings. The summed E-state index contributed by atoms with van der Waals surface area (Å²) >= 11 is 4.80. The van der Waals surface area contributed by atoms with Gasteiger partial charge in [0, 0.05) is 18.6 Å². The lowest BCUT2D eigenvalue weighted by Gasteiger charge is -2.32. The van der Waals surface area contributed by atoms with Crippen molar-refractivity contribution in [3.8, 4) is 0 Å². The first kappa shape index (κ1) is 9.64. The molecule has 1 fully saturated rings. The molecule has 0 aromatic heterocycles. The molecule has 4 nitrogen and oxygen atoms in total. The number of hydrogen-bond donors (Lipinski definition) is 0. The van der Waals surface area contributed by atoms with E-state index in [1.54, 1.807) is 0 Å². The summed E-state index contributed by atoms with van der Waals surface area (Å²) < 4.78 is 10.9. The highest BCUT2D eigenvalue weighted by Gasteiger charge is 2.33. The highest BCUT2D eigenvalue weighted by atomic mass is 32.1. The van der Waals surface area contributed by atoms with Crippen LogP contribution >= 0.6 is 12.2 Å². The molecule has 0 aromatic rings. The van der Waals surface area contributed by atoms with Crippen molar-refractivity contribution < 1.29 is 19.2 Å². The third kappa shape index (κ3) is 2.12. The van der Waals surface area contributed by atoms with Gasteiger partial charge in [-0.1, -0.05) is 18.2 Å². The summed E-state index contributed by atoms with van der Waals surface area (Å²) in [4.78, 5) is 9.37. The Labute approximate surface area is 87.0 Å². The summed E-state index contributed by atoms with van der Waals surface area (Å²) in [5, 5.41) is -0.0512. The second-order valence-electron chi connectivity index (χ2n) is 2.91. The Morgan fingerprint density at radius 3 is 3.00 bits per heavy atom. The molecular weight excluding hydrogens is 204 g/mol. The first-order valence-corrected chi connectivity index (χ1v) is 4.72. The zero-order valence-electron chi connectivity index (χ0n) is 7.47. The Hall–Kier alpha value is -0.910. The SMILES string of the molecule is S=C1OOCCOC2(C=CC=CC2)O1. The first-order valence-electron chi connectivity index (χ1n) is 4.32. The van der Waals surface area contributed by atoms with E-state index in [1.165, 1.54) is 0 Å². The van der Waals surface area contributed by atoms with Crippen LogP contribution in [0.15, 0.2) is 24.3 Å². The van der Waals surface area contributed by atoms with Crippen molar-refractivity contribution in [2.75, 3.05) is 13.2 Å². The number of rotatable bonds is 0. The van der Waals surface area contributed by atoms with Gasteiger partial charge in [0.2, 0.25) is 5.79 Å². The molecule has 0 N–H and O–H groups in total. The molecule has 1 saturated heterocycles. The van der Waals surface area contributed by atoms with Crippen molar-refractivity contribution in [1.29, 1.82) is 0 Å². The van der Waals surface area contributed by atoms with Crippen LogP contribution in [0.1, 0.15) is 6.42 Å². The number of ether oxygens (including phenoxy) is 2. The average Bonchev–Trinajstić information content (AvgIpc) is 2.16. The van der Waals surface area contributed by atoms with Gasteiger partial charge in [0.25, 0.3) is 0 Å². The molecule has 1 atom stereocenters. The normalized spacial score (nSPS) is 31.9. The zero-order valence-corrected chi connectivity index (χ0v) is 8.29. The van der Waals surface area contributed by atoms with E-state index in [0.717, 1.165) is 0 Å². The van der Waals surface area contributed by atoms with Crippen LogP contribution in [-0.4, -0.2) is 24.2 Å². The molecule has 0 aromatic carbocycles. The predicted molar refractivity (Wildman–Crippen MR) is 52.3 cm³/mol. The van der Waals surface area contributed by atoms with Crippen molar-refractivity contribution in [3.05, 3.63) is 24.3 Å². The molecule has 1 spiro atoms. The van der Waals surface area contributed by atoms with Gasteiger partial charge in [0.15, 0.2) is 0 Å². The second kappa shape index (κ2) is 4.08. The summed E-state index contributed by atoms with van der Waals surface area (Å²) in [6, 6.07) is 0. The minimum absolute atomic E-state index is 0.0512. The monoisotopic (exact) mass is 214 g/mol. The Morgan fingerprint density at radius 2 is 2.21 bits per heavy atom. The fourth-order valence-corrected chi connectivity index (χ4v) is 1.48. The minimum Gasteiger partial charge on any atom is -0.418 e. The molecule has 1 heterocycles. The molecule has 0 saturated carbocycles. The van der Waals surface area contributed by atoms with Crippen molar-refractivity contribution in [2.45, 2.75) is 12.2 Å². The van der Waals surface area contributed by atoms with Crippen LogP contribution in [0.3, 0.4) is 0 Å². The summed E-state index contributed by atoms with van der Waals surface area (Å²) in [5.41, 5.74) is 0. The van der Waals surface area contributed by atoms with Crippen molar-refractivity contribution in [2.24, 2.45) is 0 Å². The van der Waals surface area contributed by atoms with Crippen LogP contribution in [0.4, 0.5) is 0 Å². The summed E-state index contributed by atoms with van der Waals surface area (Å²) in [7, 11) is 0. The molecule has 1 unspecified atom stereocenters. The molecule has 1 aliphatic heterocycles. The van der Waals surface area contributed by atoms with Gasteiger partial charge in [0.1, 0.15) is 6.61 Å². The van der Waals surface area contributed by atoms with E-state index in [2.05, 4.69) is 9.78 Å². The standard InChI is InChI=1S/C9H10O4S/c14-8-12-9(4-2-1-3-5-9)10-6-7-11-13-8/h1-4H,5-7H2. The van der Waals surface area contributed by atoms with E-state index >= 15 is 0 Å². The third-order valence-corrected chi connectivity index (χ3v) is 2.05. The fraction of sp³-hybridized carbons (Fsp3) is 0.444. The number of hydrogen-bond acceptors (Lipinski definition) is 5. The van der Waals surface area contributed by atoms with Crippen LogP contribution in [-0.2, 0) is 19.2 Å². The Morgan fingerprint density at radius 1 is 1.29 bits per heavy atom. The Balaban J connectivity index is 2.10. The first-order chi connectivity index (χ1) is 6.81. The van der Waals surface area contributed by atoms with Crippen LogP contribution in [0.5, 0.6) is 0 Å². The van der Waals surface area contributed by atoms with Crippen LogP contribution < -0.4 is 0 Å². The quantitative estimate of drug-likeness (QED) is 0.451. The van der Waals surface area contributed by atoms with Gasteiger partial charge in [-0.3, -0.25) is 4.89 Å². The molecular formula is C9H10O4S. The van der Waals surface area contributed by atoms with Gasteiger partial charge in [-0.2, -0.15) is 4.89 Å². The van der Waals surface area contributed by atoms with Gasteiger partial charge in [-0.05, 0) is 6.08 Å². The van der Waals surface area contributed by atoms with E-state index in [1.807, 2.05) is 24.3 Å². The van der Waals surface area contributed by atoms with Gasteiger partial charge in [-0.15, -0.1) is 0 Å². The average molecular weight is 214 g/mol. The van der Waals surface area contributed by atoms with Crippen LogP contribution in [0.2, 0.25) is 0 Å². The molecule has 2 rings (SSSR count). The minimum atomic E-state index is -0.810. The summed E-state index contributed by atoms with van der Waals surface area (Å²) in [6.45, 7) is 0.740. The maximum Gasteiger partial charge on any atom is 0.389 e. The molecule has 76 valence electrons. The Bertz CT molecular complexity index is 287. The predicted octanol–water partition coefficient (Wildman–Crippen LogP) is 1.48. The second-order valence-corrected chi connectivity index (χ2v) is 3.24. The van der Waals surface area contributed by atoms with Gasteiger partial charge in [-0.25, -0.2) is 0 Å². The van der Waals surface area contributed by atoms with Crippen molar-refractivity contribution >= 4 is 17.5 Å². The third-order valence-electron chi connectivity index (χ3n) is 1.90. The number of allylic oxidation sites excluding steroid dienone is 2. The van der Waals surface area contributed by atoms with E-state index in [9.17, 15) is 0 Å². The van der Waals surface area contributed by atoms with E-state index in [-0.39, 0.29) is 5.24 Å². The largest absolute Gasteiger partial charge is 0.418 e. The summed E-state index contributed by atoms with van der Waals surface area (Å²) in [5.74, 6) is -0.810. The highest BCUT2D eigenvalue weighted by molar-refractivity contribution is 7.79. The van der Waals surface area contributed by atoms with E-state index in [0.29, 0.717) is 19.6 Å². The smallest absolute Gasteiger partial charge is 0.389 e. The lowest BCUT2D eigenvalue weighted by Crippen LogP contribution is -2.39. The molecule has 5 heteroatoms. The van der Waals surface area contributed by atoms with Crippen LogP contribution in [0.25, 0.3) is 0 Å². The molecule has 0 bridgehead atoms.